The lowest BCUT2D eigenvalue weighted by Gasteiger charge is -2.24. The lowest BCUT2D eigenvalue weighted by atomic mass is 10.2. The van der Waals surface area contributed by atoms with E-state index in [-0.39, 0.29) is 10.6 Å². The zero-order valence-corrected chi connectivity index (χ0v) is 17.4. The third kappa shape index (κ3) is 5.70. The van der Waals surface area contributed by atoms with Gasteiger partial charge in [-0.1, -0.05) is 30.3 Å². The molecule has 31 heavy (non-hydrogen) atoms. The number of benzene rings is 2. The van der Waals surface area contributed by atoms with Crippen LogP contribution in [0.3, 0.4) is 0 Å². The monoisotopic (exact) mass is 467 g/mol. The number of hydrogen-bond donors (Lipinski definition) is 1. The summed E-state index contributed by atoms with van der Waals surface area (Å²) in [6, 6.07) is 14.5. The van der Waals surface area contributed by atoms with E-state index in [0.717, 1.165) is 17.0 Å². The Hall–Kier alpha value is -3.18. The van der Waals surface area contributed by atoms with Crippen molar-refractivity contribution in [3.05, 3.63) is 82.6 Å². The van der Waals surface area contributed by atoms with Crippen LogP contribution < -0.4 is 9.73 Å². The van der Waals surface area contributed by atoms with Gasteiger partial charge in [0.15, 0.2) is 0 Å². The van der Waals surface area contributed by atoms with Crippen molar-refractivity contribution in [2.24, 2.45) is 5.10 Å². The van der Waals surface area contributed by atoms with Gasteiger partial charge < -0.3 is 0 Å². The number of sulfonamides is 1. The van der Waals surface area contributed by atoms with Gasteiger partial charge in [-0.3, -0.25) is 9.10 Å². The fraction of sp³-hybridized carbons (Fsp3) is 0.100. The van der Waals surface area contributed by atoms with Crippen LogP contribution in [0.1, 0.15) is 10.4 Å². The first kappa shape index (κ1) is 22.5. The van der Waals surface area contributed by atoms with E-state index >= 15 is 0 Å². The zero-order chi connectivity index (χ0) is 22.5. The van der Waals surface area contributed by atoms with E-state index in [2.05, 4.69) is 10.5 Å². The van der Waals surface area contributed by atoms with Gasteiger partial charge in [0.1, 0.15) is 6.54 Å². The first-order valence-electron chi connectivity index (χ1n) is 8.78. The van der Waals surface area contributed by atoms with E-state index in [9.17, 15) is 26.4 Å². The van der Waals surface area contributed by atoms with Gasteiger partial charge in [-0.2, -0.15) is 18.3 Å². The fourth-order valence-electron chi connectivity index (χ4n) is 2.57. The minimum atomic E-state index is -4.68. The number of anilines is 1. The number of thiophene rings is 1. The molecule has 1 amide bonds. The minimum Gasteiger partial charge on any atom is -0.271 e. The Kier molecular flexibility index (Phi) is 6.76. The SMILES string of the molecule is O=C(CN(c1cccc(C(F)(F)F)c1)S(=O)(=O)c1ccccc1)N/N=C/c1cccs1. The molecule has 0 radical (unpaired) electrons. The van der Waals surface area contributed by atoms with Crippen LogP contribution in [0.2, 0.25) is 0 Å². The number of carbonyl (C=O) groups is 1. The molecule has 3 aromatic rings. The van der Waals surface area contributed by atoms with Crippen LogP contribution in [0.15, 0.2) is 82.1 Å². The summed E-state index contributed by atoms with van der Waals surface area (Å²) in [5.74, 6) is -0.815. The predicted molar refractivity (Wildman–Crippen MR) is 112 cm³/mol. The van der Waals surface area contributed by atoms with Gasteiger partial charge >= 0.3 is 6.18 Å². The van der Waals surface area contributed by atoms with Gasteiger partial charge in [-0.05, 0) is 41.8 Å². The Morgan fingerprint density at radius 2 is 1.81 bits per heavy atom. The quantitative estimate of drug-likeness (QED) is 0.420. The summed E-state index contributed by atoms with van der Waals surface area (Å²) in [5, 5.41) is 5.57. The largest absolute Gasteiger partial charge is 0.416 e. The molecular formula is C20H16F3N3O3S2. The Morgan fingerprint density at radius 1 is 1.06 bits per heavy atom. The zero-order valence-electron chi connectivity index (χ0n) is 15.8. The predicted octanol–water partition coefficient (Wildman–Crippen LogP) is 4.11. The van der Waals surface area contributed by atoms with Crippen molar-refractivity contribution in [3.8, 4) is 0 Å². The Labute approximate surface area is 180 Å². The van der Waals surface area contributed by atoms with Crippen molar-refractivity contribution in [1.29, 1.82) is 0 Å². The molecular weight excluding hydrogens is 451 g/mol. The van der Waals surface area contributed by atoms with Crippen LogP contribution in [-0.4, -0.2) is 27.1 Å². The first-order chi connectivity index (χ1) is 14.7. The Balaban J connectivity index is 1.92. The second kappa shape index (κ2) is 9.31. The van der Waals surface area contributed by atoms with E-state index in [1.807, 2.05) is 5.38 Å². The molecule has 1 aromatic heterocycles. The molecule has 0 atom stereocenters. The maximum absolute atomic E-state index is 13.1. The Morgan fingerprint density at radius 3 is 2.45 bits per heavy atom. The van der Waals surface area contributed by atoms with Crippen molar-refractivity contribution in [1.82, 2.24) is 5.43 Å². The molecule has 1 N–H and O–H groups in total. The molecule has 11 heteroatoms. The highest BCUT2D eigenvalue weighted by atomic mass is 32.2. The molecule has 162 valence electrons. The molecule has 0 unspecified atom stereocenters. The van der Waals surface area contributed by atoms with Crippen molar-refractivity contribution < 1.29 is 26.4 Å². The minimum absolute atomic E-state index is 0.165. The van der Waals surface area contributed by atoms with Crippen LogP contribution in [-0.2, 0) is 21.0 Å². The molecule has 2 aromatic carbocycles. The van der Waals surface area contributed by atoms with Gasteiger partial charge in [-0.25, -0.2) is 13.8 Å². The number of rotatable bonds is 7. The van der Waals surface area contributed by atoms with Crippen LogP contribution in [0, 0.1) is 0 Å². The number of carbonyl (C=O) groups excluding carboxylic acids is 1. The van der Waals surface area contributed by atoms with Crippen molar-refractivity contribution in [3.63, 3.8) is 0 Å². The second-order valence-electron chi connectivity index (χ2n) is 6.18. The fourth-order valence-corrected chi connectivity index (χ4v) is 4.59. The number of nitrogens with zero attached hydrogens (tertiary/aromatic N) is 2. The van der Waals surface area contributed by atoms with Crippen molar-refractivity contribution in [2.45, 2.75) is 11.1 Å². The lowest BCUT2D eigenvalue weighted by Crippen LogP contribution is -2.39. The average Bonchev–Trinajstić information content (AvgIpc) is 3.25. The number of hydrazone groups is 1. The third-order valence-electron chi connectivity index (χ3n) is 4.00. The maximum atomic E-state index is 13.1. The standard InChI is InChI=1S/C20H16F3N3O3S2/c21-20(22,23)15-6-4-7-16(12-15)26(31(28,29)18-9-2-1-3-10-18)14-19(27)25-24-13-17-8-5-11-30-17/h1-13H,14H2,(H,25,27)/b24-13+. The number of alkyl halides is 3. The van der Waals surface area contributed by atoms with Crippen LogP contribution in [0.25, 0.3) is 0 Å². The van der Waals surface area contributed by atoms with Crippen LogP contribution in [0.5, 0.6) is 0 Å². The molecule has 0 fully saturated rings. The number of amides is 1. The first-order valence-corrected chi connectivity index (χ1v) is 11.1. The van der Waals surface area contributed by atoms with Gasteiger partial charge in [0.05, 0.1) is 22.4 Å². The molecule has 0 aliphatic rings. The summed E-state index contributed by atoms with van der Waals surface area (Å²) >= 11 is 1.38. The van der Waals surface area contributed by atoms with Gasteiger partial charge in [-0.15, -0.1) is 11.3 Å². The highest BCUT2D eigenvalue weighted by Crippen LogP contribution is 2.33. The summed E-state index contributed by atoms with van der Waals surface area (Å²) in [6.07, 6.45) is -3.30. The lowest BCUT2D eigenvalue weighted by molar-refractivity contribution is -0.137. The number of hydrogen-bond acceptors (Lipinski definition) is 5. The average molecular weight is 467 g/mol. The maximum Gasteiger partial charge on any atom is 0.416 e. The summed E-state index contributed by atoms with van der Waals surface area (Å²) in [4.78, 5) is 13.0. The Bertz CT molecular complexity index is 1160. The molecule has 0 aliphatic heterocycles. The van der Waals surface area contributed by atoms with E-state index in [1.54, 1.807) is 18.2 Å². The molecule has 0 aliphatic carbocycles. The summed E-state index contributed by atoms with van der Waals surface area (Å²) in [7, 11) is -4.32. The van der Waals surface area contributed by atoms with E-state index in [4.69, 9.17) is 0 Å². The topological polar surface area (TPSA) is 78.8 Å². The van der Waals surface area contributed by atoms with E-state index in [1.165, 1.54) is 47.9 Å². The summed E-state index contributed by atoms with van der Waals surface area (Å²) in [6.45, 7) is -0.764. The number of halogens is 3. The van der Waals surface area contributed by atoms with Gasteiger partial charge in [0, 0.05) is 4.88 Å². The molecule has 3 rings (SSSR count). The molecule has 0 saturated heterocycles. The molecule has 0 bridgehead atoms. The summed E-state index contributed by atoms with van der Waals surface area (Å²) in [5.41, 5.74) is 0.870. The van der Waals surface area contributed by atoms with Crippen LogP contribution >= 0.6 is 11.3 Å². The third-order valence-corrected chi connectivity index (χ3v) is 6.60. The highest BCUT2D eigenvalue weighted by Gasteiger charge is 2.33. The molecule has 6 nitrogen and oxygen atoms in total. The smallest absolute Gasteiger partial charge is 0.271 e. The molecule has 0 saturated carbocycles. The van der Waals surface area contributed by atoms with E-state index in [0.29, 0.717) is 10.4 Å². The normalized spacial score (nSPS) is 12.1. The highest BCUT2D eigenvalue weighted by molar-refractivity contribution is 7.92. The van der Waals surface area contributed by atoms with Gasteiger partial charge in [0.2, 0.25) is 0 Å². The molecule has 1 heterocycles. The molecule has 0 spiro atoms. The van der Waals surface area contributed by atoms with Crippen LogP contribution in [0.4, 0.5) is 18.9 Å². The second-order valence-corrected chi connectivity index (χ2v) is 9.02. The van der Waals surface area contributed by atoms with E-state index < -0.39 is 34.2 Å². The number of nitrogens with one attached hydrogen (secondary N) is 1. The van der Waals surface area contributed by atoms with Crippen molar-refractivity contribution >= 4 is 39.2 Å². The van der Waals surface area contributed by atoms with Gasteiger partial charge in [0.25, 0.3) is 15.9 Å². The summed E-state index contributed by atoms with van der Waals surface area (Å²) < 4.78 is 66.3. The van der Waals surface area contributed by atoms with Crippen molar-refractivity contribution in [2.75, 3.05) is 10.8 Å².